The number of hydrogen-bond acceptors (Lipinski definition) is 6. The van der Waals surface area contributed by atoms with Crippen LogP contribution < -0.4 is 10.9 Å². The van der Waals surface area contributed by atoms with Gasteiger partial charge in [-0.2, -0.15) is 0 Å². The molecule has 29 heavy (non-hydrogen) atoms. The summed E-state index contributed by atoms with van der Waals surface area (Å²) >= 11 is 1.07. The highest BCUT2D eigenvalue weighted by molar-refractivity contribution is 7.18. The number of amides is 1. The molecule has 0 aliphatic carbocycles. The number of para-hydroxylation sites is 1. The van der Waals surface area contributed by atoms with E-state index in [0.717, 1.165) is 11.3 Å². The molecule has 4 aromatic rings. The molecular weight excluding hydrogens is 395 g/mol. The second-order valence-corrected chi connectivity index (χ2v) is 7.14. The molecule has 0 saturated heterocycles. The predicted octanol–water partition coefficient (Wildman–Crippen LogP) is 3.64. The van der Waals surface area contributed by atoms with Gasteiger partial charge in [-0.25, -0.2) is 4.39 Å². The van der Waals surface area contributed by atoms with Gasteiger partial charge in [0.1, 0.15) is 22.1 Å². The average Bonchev–Trinajstić information content (AvgIpc) is 3.17. The fraction of sp³-hybridized carbons (Fsp3) is 0.100. The number of aryl methyl sites for hydroxylation is 1. The van der Waals surface area contributed by atoms with Gasteiger partial charge in [-0.05, 0) is 43.3 Å². The maximum Gasteiger partial charge on any atom is 0.267 e. The number of nitrogens with one attached hydrogen (secondary N) is 1. The third kappa shape index (κ3) is 3.36. The summed E-state index contributed by atoms with van der Waals surface area (Å²) < 4.78 is 14.5. The lowest BCUT2D eigenvalue weighted by Crippen LogP contribution is -2.29. The topological polar surface area (TPSA) is 97.1 Å². The molecule has 0 radical (unpaired) electrons. The Morgan fingerprint density at radius 1 is 1.17 bits per heavy atom. The summed E-state index contributed by atoms with van der Waals surface area (Å²) in [5.41, 5.74) is 0.239. The number of hydrogen-bond donors (Lipinski definition) is 2. The Morgan fingerprint density at radius 2 is 1.90 bits per heavy atom. The van der Waals surface area contributed by atoms with Gasteiger partial charge in [-0.1, -0.05) is 23.5 Å². The van der Waals surface area contributed by atoms with Crippen LogP contribution in [0.2, 0.25) is 0 Å². The number of aromatic hydroxyl groups is 1. The fourth-order valence-corrected chi connectivity index (χ4v) is 3.79. The van der Waals surface area contributed by atoms with Crippen LogP contribution in [0.1, 0.15) is 17.3 Å². The van der Waals surface area contributed by atoms with Gasteiger partial charge >= 0.3 is 0 Å². The zero-order valence-electron chi connectivity index (χ0n) is 15.2. The number of carbonyl (C=O) groups excluding carboxylic acids is 1. The summed E-state index contributed by atoms with van der Waals surface area (Å²) in [5, 5.41) is 22.0. The Kier molecular flexibility index (Phi) is 4.81. The molecule has 0 aliphatic heterocycles. The van der Waals surface area contributed by atoms with Gasteiger partial charge in [0.25, 0.3) is 11.5 Å². The van der Waals surface area contributed by atoms with E-state index in [2.05, 4.69) is 15.5 Å². The second-order valence-electron chi connectivity index (χ2n) is 6.16. The van der Waals surface area contributed by atoms with Crippen LogP contribution in [-0.4, -0.2) is 25.8 Å². The van der Waals surface area contributed by atoms with Gasteiger partial charge < -0.3 is 9.67 Å². The molecule has 2 aromatic heterocycles. The SMILES string of the molecule is CCn1c(=O)c(C(=O)Nc2nnc(-c3ccc(F)cc3)s2)c(O)c2ccccc21. The van der Waals surface area contributed by atoms with E-state index in [-0.39, 0.29) is 22.3 Å². The van der Waals surface area contributed by atoms with Crippen molar-refractivity contribution in [2.75, 3.05) is 5.32 Å². The highest BCUT2D eigenvalue weighted by atomic mass is 32.1. The molecule has 2 aromatic carbocycles. The van der Waals surface area contributed by atoms with E-state index in [1.807, 2.05) is 0 Å². The third-order valence-electron chi connectivity index (χ3n) is 4.43. The molecule has 0 aliphatic rings. The zero-order valence-corrected chi connectivity index (χ0v) is 16.0. The first kappa shape index (κ1) is 18.8. The van der Waals surface area contributed by atoms with E-state index in [9.17, 15) is 19.1 Å². The van der Waals surface area contributed by atoms with Crippen molar-refractivity contribution in [3.8, 4) is 16.3 Å². The quantitative estimate of drug-likeness (QED) is 0.535. The van der Waals surface area contributed by atoms with Crippen LogP contribution in [0.25, 0.3) is 21.5 Å². The number of benzene rings is 2. The Labute approximate surface area is 168 Å². The lowest BCUT2D eigenvalue weighted by Gasteiger charge is -2.12. The van der Waals surface area contributed by atoms with E-state index in [1.165, 1.54) is 16.7 Å². The van der Waals surface area contributed by atoms with Crippen LogP contribution in [0.15, 0.2) is 53.3 Å². The van der Waals surface area contributed by atoms with E-state index in [4.69, 9.17) is 0 Å². The molecule has 0 bridgehead atoms. The van der Waals surface area contributed by atoms with E-state index >= 15 is 0 Å². The Bertz CT molecular complexity index is 1280. The molecule has 0 unspecified atom stereocenters. The van der Waals surface area contributed by atoms with Crippen molar-refractivity contribution >= 4 is 33.3 Å². The minimum atomic E-state index is -0.776. The molecule has 2 N–H and O–H groups in total. The summed E-state index contributed by atoms with van der Waals surface area (Å²) in [6.07, 6.45) is 0. The molecule has 2 heterocycles. The van der Waals surface area contributed by atoms with Crippen molar-refractivity contribution in [1.29, 1.82) is 0 Å². The van der Waals surface area contributed by atoms with Gasteiger partial charge in [-0.15, -0.1) is 10.2 Å². The smallest absolute Gasteiger partial charge is 0.267 e. The lowest BCUT2D eigenvalue weighted by molar-refractivity contribution is 0.102. The summed E-state index contributed by atoms with van der Waals surface area (Å²) in [4.78, 5) is 25.6. The predicted molar refractivity (Wildman–Crippen MR) is 109 cm³/mol. The van der Waals surface area contributed by atoms with Crippen LogP contribution in [-0.2, 0) is 6.54 Å². The molecule has 0 fully saturated rings. The van der Waals surface area contributed by atoms with Crippen molar-refractivity contribution in [1.82, 2.24) is 14.8 Å². The number of pyridine rings is 1. The van der Waals surface area contributed by atoms with Gasteiger partial charge in [0.15, 0.2) is 0 Å². The molecule has 0 saturated carbocycles. The fourth-order valence-electron chi connectivity index (χ4n) is 3.05. The van der Waals surface area contributed by atoms with Crippen LogP contribution in [0.3, 0.4) is 0 Å². The van der Waals surface area contributed by atoms with Crippen LogP contribution in [0.4, 0.5) is 9.52 Å². The number of aromatic nitrogens is 3. The summed E-state index contributed by atoms with van der Waals surface area (Å²) in [5.74, 6) is -1.52. The molecule has 7 nitrogen and oxygen atoms in total. The van der Waals surface area contributed by atoms with Crippen LogP contribution >= 0.6 is 11.3 Å². The molecular formula is C20H15FN4O3S. The Morgan fingerprint density at radius 3 is 2.62 bits per heavy atom. The van der Waals surface area contributed by atoms with Gasteiger partial charge in [0.2, 0.25) is 5.13 Å². The minimum Gasteiger partial charge on any atom is -0.506 e. The van der Waals surface area contributed by atoms with Crippen molar-refractivity contribution < 1.29 is 14.3 Å². The van der Waals surface area contributed by atoms with Crippen molar-refractivity contribution in [2.45, 2.75) is 13.5 Å². The van der Waals surface area contributed by atoms with E-state index in [0.29, 0.717) is 28.0 Å². The van der Waals surface area contributed by atoms with Crippen molar-refractivity contribution in [3.63, 3.8) is 0 Å². The van der Waals surface area contributed by atoms with E-state index < -0.39 is 11.5 Å². The Balaban J connectivity index is 1.70. The maximum atomic E-state index is 13.1. The van der Waals surface area contributed by atoms with Crippen LogP contribution in [0.5, 0.6) is 5.75 Å². The van der Waals surface area contributed by atoms with Crippen molar-refractivity contribution in [3.05, 3.63) is 70.3 Å². The molecule has 0 spiro atoms. The number of nitrogens with zero attached hydrogens (tertiary/aromatic N) is 3. The molecule has 1 amide bonds. The summed E-state index contributed by atoms with van der Waals surface area (Å²) in [6, 6.07) is 12.5. The van der Waals surface area contributed by atoms with E-state index in [1.54, 1.807) is 43.3 Å². The largest absolute Gasteiger partial charge is 0.506 e. The minimum absolute atomic E-state index is 0.157. The first-order chi connectivity index (χ1) is 14.0. The number of anilines is 1. The number of carbonyl (C=O) groups is 1. The molecule has 4 rings (SSSR count). The monoisotopic (exact) mass is 410 g/mol. The summed E-state index contributed by atoms with van der Waals surface area (Å²) in [6.45, 7) is 2.12. The highest BCUT2D eigenvalue weighted by Gasteiger charge is 2.23. The third-order valence-corrected chi connectivity index (χ3v) is 5.31. The second kappa shape index (κ2) is 7.44. The molecule has 146 valence electrons. The average molecular weight is 410 g/mol. The lowest BCUT2D eigenvalue weighted by atomic mass is 10.1. The maximum absolute atomic E-state index is 13.1. The number of halogens is 1. The molecule has 9 heteroatoms. The highest BCUT2D eigenvalue weighted by Crippen LogP contribution is 2.29. The molecule has 0 atom stereocenters. The zero-order chi connectivity index (χ0) is 20.5. The standard InChI is InChI=1S/C20H15FN4O3S/c1-2-25-14-6-4-3-5-13(14)16(26)15(19(25)28)17(27)22-20-24-23-18(29-20)11-7-9-12(21)10-8-11/h3-10,26H,2H2,1H3,(H,22,24,27). The number of rotatable bonds is 4. The Hall–Kier alpha value is -3.59. The van der Waals surface area contributed by atoms with Crippen LogP contribution in [0, 0.1) is 5.82 Å². The van der Waals surface area contributed by atoms with Crippen molar-refractivity contribution in [2.24, 2.45) is 0 Å². The normalized spacial score (nSPS) is 11.0. The first-order valence-corrected chi connectivity index (χ1v) is 9.56. The summed E-state index contributed by atoms with van der Waals surface area (Å²) in [7, 11) is 0. The van der Waals surface area contributed by atoms with Gasteiger partial charge in [0.05, 0.1) is 5.52 Å². The van der Waals surface area contributed by atoms with Gasteiger partial charge in [0, 0.05) is 17.5 Å². The number of fused-ring (bicyclic) bond motifs is 1. The first-order valence-electron chi connectivity index (χ1n) is 8.75. The van der Waals surface area contributed by atoms with Gasteiger partial charge in [-0.3, -0.25) is 14.9 Å².